The van der Waals surface area contributed by atoms with Gasteiger partial charge < -0.3 is 4.90 Å². The maximum absolute atomic E-state index is 12.4. The lowest BCUT2D eigenvalue weighted by Crippen LogP contribution is -2.44. The van der Waals surface area contributed by atoms with Gasteiger partial charge in [0.2, 0.25) is 15.9 Å². The van der Waals surface area contributed by atoms with E-state index in [1.165, 1.54) is 4.31 Å². The van der Waals surface area contributed by atoms with Crippen molar-refractivity contribution in [3.8, 4) is 0 Å². The normalized spacial score (nSPS) is 20.3. The molecule has 0 spiro atoms. The number of para-hydroxylation sites is 1. The zero-order valence-electron chi connectivity index (χ0n) is 11.1. The van der Waals surface area contributed by atoms with Crippen LogP contribution in [0, 0.1) is 0 Å². The number of hydrogen-bond donors (Lipinski definition) is 0. The first-order valence-corrected chi connectivity index (χ1v) is 8.13. The molecule has 5 nitrogen and oxygen atoms in total. The third kappa shape index (κ3) is 2.79. The van der Waals surface area contributed by atoms with Gasteiger partial charge in [0.1, 0.15) is 6.04 Å². The second-order valence-electron chi connectivity index (χ2n) is 4.60. The summed E-state index contributed by atoms with van der Waals surface area (Å²) >= 11 is 0. The number of likely N-dealkylation sites (N-methyl/N-ethyl adjacent to an activating group) is 1. The van der Waals surface area contributed by atoms with Crippen LogP contribution >= 0.6 is 0 Å². The van der Waals surface area contributed by atoms with Crippen molar-refractivity contribution in [1.82, 2.24) is 4.31 Å². The quantitative estimate of drug-likeness (QED) is 0.830. The number of rotatable bonds is 4. The van der Waals surface area contributed by atoms with Crippen molar-refractivity contribution < 1.29 is 13.2 Å². The Labute approximate surface area is 113 Å². The van der Waals surface area contributed by atoms with Crippen LogP contribution in [0.5, 0.6) is 0 Å². The minimum absolute atomic E-state index is 0.140. The van der Waals surface area contributed by atoms with Crippen molar-refractivity contribution in [3.05, 3.63) is 30.3 Å². The molecular weight excluding hydrogens is 264 g/mol. The predicted octanol–water partition coefficient (Wildman–Crippen LogP) is 1.07. The Morgan fingerprint density at radius 3 is 2.47 bits per heavy atom. The molecule has 1 saturated heterocycles. The van der Waals surface area contributed by atoms with Crippen LogP contribution in [0.1, 0.15) is 13.3 Å². The zero-order chi connectivity index (χ0) is 14.0. The number of sulfonamides is 1. The summed E-state index contributed by atoms with van der Waals surface area (Å²) in [5.74, 6) is -0.140. The SMILES string of the molecule is CCN([C@H]1CCN(c2ccccc2)C1=O)S(C)(=O)=O. The van der Waals surface area contributed by atoms with Crippen molar-refractivity contribution in [2.75, 3.05) is 24.2 Å². The predicted molar refractivity (Wildman–Crippen MR) is 74.4 cm³/mol. The van der Waals surface area contributed by atoms with E-state index in [0.717, 1.165) is 11.9 Å². The van der Waals surface area contributed by atoms with Crippen LogP contribution in [0.4, 0.5) is 5.69 Å². The summed E-state index contributed by atoms with van der Waals surface area (Å²) in [6, 6.07) is 8.76. The highest BCUT2D eigenvalue weighted by atomic mass is 32.2. The Balaban J connectivity index is 2.23. The van der Waals surface area contributed by atoms with Crippen LogP contribution in [0.2, 0.25) is 0 Å². The van der Waals surface area contributed by atoms with Crippen LogP contribution in [0.15, 0.2) is 30.3 Å². The third-order valence-electron chi connectivity index (χ3n) is 3.33. The van der Waals surface area contributed by atoms with Crippen LogP contribution in [-0.4, -0.2) is 44.0 Å². The molecule has 0 N–H and O–H groups in total. The third-order valence-corrected chi connectivity index (χ3v) is 4.70. The molecule has 19 heavy (non-hydrogen) atoms. The van der Waals surface area contributed by atoms with Crippen LogP contribution in [0.3, 0.4) is 0 Å². The highest BCUT2D eigenvalue weighted by molar-refractivity contribution is 7.88. The fourth-order valence-electron chi connectivity index (χ4n) is 2.48. The van der Waals surface area contributed by atoms with E-state index in [2.05, 4.69) is 0 Å². The Morgan fingerprint density at radius 1 is 1.32 bits per heavy atom. The topological polar surface area (TPSA) is 57.7 Å². The van der Waals surface area contributed by atoms with Crippen LogP contribution in [-0.2, 0) is 14.8 Å². The number of carbonyl (C=O) groups is 1. The summed E-state index contributed by atoms with van der Waals surface area (Å²) in [7, 11) is -3.35. The number of carbonyl (C=O) groups excluding carboxylic acids is 1. The molecule has 104 valence electrons. The Hall–Kier alpha value is -1.40. The molecule has 1 atom stereocenters. The van der Waals surface area contributed by atoms with E-state index in [9.17, 15) is 13.2 Å². The van der Waals surface area contributed by atoms with Gasteiger partial charge in [0.25, 0.3) is 0 Å². The van der Waals surface area contributed by atoms with Gasteiger partial charge in [-0.25, -0.2) is 8.42 Å². The first-order valence-electron chi connectivity index (χ1n) is 6.28. The van der Waals surface area contributed by atoms with E-state index in [0.29, 0.717) is 19.5 Å². The van der Waals surface area contributed by atoms with Crippen molar-refractivity contribution in [1.29, 1.82) is 0 Å². The molecule has 0 unspecified atom stereocenters. The molecule has 1 aliphatic rings. The maximum Gasteiger partial charge on any atom is 0.245 e. The number of nitrogens with zero attached hydrogens (tertiary/aromatic N) is 2. The van der Waals surface area contributed by atoms with Gasteiger partial charge in [0.15, 0.2) is 0 Å². The molecule has 0 aromatic heterocycles. The maximum atomic E-state index is 12.4. The number of amides is 1. The fourth-order valence-corrected chi connectivity index (χ4v) is 3.61. The summed E-state index contributed by atoms with van der Waals surface area (Å²) in [5, 5.41) is 0. The van der Waals surface area contributed by atoms with Crippen molar-refractivity contribution in [2.24, 2.45) is 0 Å². The summed E-state index contributed by atoms with van der Waals surface area (Å²) in [5.41, 5.74) is 0.819. The van der Waals surface area contributed by atoms with Gasteiger partial charge in [-0.05, 0) is 18.6 Å². The van der Waals surface area contributed by atoms with Crippen molar-refractivity contribution in [3.63, 3.8) is 0 Å². The number of anilines is 1. The van der Waals surface area contributed by atoms with Gasteiger partial charge in [0.05, 0.1) is 6.26 Å². The lowest BCUT2D eigenvalue weighted by atomic mass is 10.2. The first-order chi connectivity index (χ1) is 8.95. The van der Waals surface area contributed by atoms with Gasteiger partial charge in [-0.2, -0.15) is 4.31 Å². The molecule has 1 fully saturated rings. The van der Waals surface area contributed by atoms with E-state index in [1.807, 2.05) is 30.3 Å². The fraction of sp³-hybridized carbons (Fsp3) is 0.462. The standard InChI is InChI=1S/C13H18N2O3S/c1-3-15(19(2,17)18)12-9-10-14(13(12)16)11-7-5-4-6-8-11/h4-8,12H,3,9-10H2,1-2H3/t12-/m0/s1. The minimum Gasteiger partial charge on any atom is -0.311 e. The molecular formula is C13H18N2O3S. The summed E-state index contributed by atoms with van der Waals surface area (Å²) in [6.07, 6.45) is 1.68. The lowest BCUT2D eigenvalue weighted by molar-refractivity contribution is -0.120. The van der Waals surface area contributed by atoms with Gasteiger partial charge in [-0.1, -0.05) is 25.1 Å². The van der Waals surface area contributed by atoms with Gasteiger partial charge in [0, 0.05) is 18.8 Å². The molecule has 0 bridgehead atoms. The number of hydrogen-bond acceptors (Lipinski definition) is 3. The molecule has 1 aliphatic heterocycles. The first kappa shape index (κ1) is 14.0. The average Bonchev–Trinajstić information content (AvgIpc) is 2.72. The van der Waals surface area contributed by atoms with E-state index < -0.39 is 16.1 Å². The lowest BCUT2D eigenvalue weighted by Gasteiger charge is -2.24. The Morgan fingerprint density at radius 2 is 1.95 bits per heavy atom. The molecule has 0 aliphatic carbocycles. The van der Waals surface area contributed by atoms with E-state index in [1.54, 1.807) is 11.8 Å². The Bertz CT molecular complexity index is 557. The summed E-state index contributed by atoms with van der Waals surface area (Å²) in [4.78, 5) is 14.0. The molecule has 0 radical (unpaired) electrons. The molecule has 1 heterocycles. The average molecular weight is 282 g/mol. The van der Waals surface area contributed by atoms with Gasteiger partial charge >= 0.3 is 0 Å². The Kier molecular flexibility index (Phi) is 3.91. The highest BCUT2D eigenvalue weighted by Gasteiger charge is 2.39. The van der Waals surface area contributed by atoms with E-state index >= 15 is 0 Å². The molecule has 6 heteroatoms. The molecule has 1 aromatic rings. The second-order valence-corrected chi connectivity index (χ2v) is 6.53. The molecule has 1 aromatic carbocycles. The smallest absolute Gasteiger partial charge is 0.245 e. The van der Waals surface area contributed by atoms with Crippen LogP contribution < -0.4 is 4.90 Å². The molecule has 0 saturated carbocycles. The highest BCUT2D eigenvalue weighted by Crippen LogP contribution is 2.25. The second kappa shape index (κ2) is 5.30. The van der Waals surface area contributed by atoms with E-state index in [4.69, 9.17) is 0 Å². The number of benzene rings is 1. The summed E-state index contributed by atoms with van der Waals surface area (Å²) < 4.78 is 24.7. The largest absolute Gasteiger partial charge is 0.311 e. The minimum atomic E-state index is -3.35. The molecule has 2 rings (SSSR count). The van der Waals surface area contributed by atoms with Crippen molar-refractivity contribution >= 4 is 21.6 Å². The van der Waals surface area contributed by atoms with Crippen molar-refractivity contribution in [2.45, 2.75) is 19.4 Å². The van der Waals surface area contributed by atoms with E-state index in [-0.39, 0.29) is 5.91 Å². The zero-order valence-corrected chi connectivity index (χ0v) is 11.9. The van der Waals surface area contributed by atoms with Gasteiger partial charge in [-0.3, -0.25) is 4.79 Å². The monoisotopic (exact) mass is 282 g/mol. The van der Waals surface area contributed by atoms with Gasteiger partial charge in [-0.15, -0.1) is 0 Å². The van der Waals surface area contributed by atoms with Crippen LogP contribution in [0.25, 0.3) is 0 Å². The summed E-state index contributed by atoms with van der Waals surface area (Å²) in [6.45, 7) is 2.62. The molecule has 1 amide bonds.